The fourth-order valence-electron chi connectivity index (χ4n) is 6.41. The second kappa shape index (κ2) is 6.47. The van der Waals surface area contributed by atoms with Crippen LogP contribution in [0.1, 0.15) is 41.3 Å². The van der Waals surface area contributed by atoms with E-state index in [9.17, 15) is 0 Å². The number of aromatic nitrogens is 2. The molecule has 2 bridgehead atoms. The molecule has 4 fully saturated rings. The van der Waals surface area contributed by atoms with Crippen LogP contribution in [0.4, 0.5) is 0 Å². The molecule has 0 spiro atoms. The lowest BCUT2D eigenvalue weighted by Crippen LogP contribution is -2.60. The zero-order chi connectivity index (χ0) is 19.7. The predicted molar refractivity (Wildman–Crippen MR) is 110 cm³/mol. The zero-order valence-corrected chi connectivity index (χ0v) is 17.6. The number of piperidine rings is 3. The first kappa shape index (κ1) is 17.8. The lowest BCUT2D eigenvalue weighted by atomic mass is 9.75. The highest BCUT2D eigenvalue weighted by Crippen LogP contribution is 2.48. The van der Waals surface area contributed by atoms with Gasteiger partial charge in [-0.05, 0) is 63.4 Å². The number of likely N-dealkylation sites (tertiary alicyclic amines) is 1. The normalized spacial score (nSPS) is 32.7. The van der Waals surface area contributed by atoms with Crippen molar-refractivity contribution in [3.05, 3.63) is 40.7 Å². The third-order valence-electron chi connectivity index (χ3n) is 7.94. The summed E-state index contributed by atoms with van der Waals surface area (Å²) in [6.07, 6.45) is 2.69. The number of benzene rings is 1. The van der Waals surface area contributed by atoms with Gasteiger partial charge >= 0.3 is 0 Å². The standard InChI is InChI=1S/C23H30N4O2/c1-14-18(15(2)25(3)24-14)11-27-12-19(17-4-5-20-21(10-17)29-13-28-20)23-22(27)16-6-8-26(23)9-7-16/h4-5,10,16,19,22-23H,6-9,11-13H2,1-3H3/t19-,22+,23+/m0/s1. The second-order valence-electron chi connectivity index (χ2n) is 9.28. The van der Waals surface area contributed by atoms with E-state index in [0.29, 0.717) is 24.8 Å². The summed E-state index contributed by atoms with van der Waals surface area (Å²) in [6.45, 7) is 9.33. The first-order chi connectivity index (χ1) is 14.1. The molecule has 1 aromatic heterocycles. The SMILES string of the molecule is Cc1nn(C)c(C)c1CN1C[C@@H](c2ccc3c(c2)OCO3)[C@@H]2[C@H]1C1CCN2CC1. The van der Waals surface area contributed by atoms with Gasteiger partial charge in [0.1, 0.15) is 0 Å². The second-order valence-corrected chi connectivity index (χ2v) is 9.28. The Morgan fingerprint density at radius 3 is 2.62 bits per heavy atom. The van der Waals surface area contributed by atoms with Gasteiger partial charge in [-0.3, -0.25) is 14.5 Å². The average molecular weight is 395 g/mol. The molecular weight excluding hydrogens is 364 g/mol. The van der Waals surface area contributed by atoms with Crippen LogP contribution in [0.2, 0.25) is 0 Å². The maximum absolute atomic E-state index is 5.69. The molecule has 4 saturated heterocycles. The van der Waals surface area contributed by atoms with Crippen molar-refractivity contribution in [1.29, 1.82) is 0 Å². The van der Waals surface area contributed by atoms with Crippen LogP contribution in [0.15, 0.2) is 18.2 Å². The van der Waals surface area contributed by atoms with Crippen LogP contribution < -0.4 is 9.47 Å². The van der Waals surface area contributed by atoms with Crippen molar-refractivity contribution in [3.63, 3.8) is 0 Å². The largest absolute Gasteiger partial charge is 0.454 e. The Morgan fingerprint density at radius 2 is 1.86 bits per heavy atom. The molecule has 0 unspecified atom stereocenters. The van der Waals surface area contributed by atoms with Gasteiger partial charge in [0.15, 0.2) is 11.5 Å². The molecule has 3 atom stereocenters. The summed E-state index contributed by atoms with van der Waals surface area (Å²) in [5.74, 6) is 3.14. The summed E-state index contributed by atoms with van der Waals surface area (Å²) >= 11 is 0. The zero-order valence-electron chi connectivity index (χ0n) is 17.6. The van der Waals surface area contributed by atoms with E-state index in [4.69, 9.17) is 9.47 Å². The van der Waals surface area contributed by atoms with Crippen LogP contribution in [0.25, 0.3) is 0 Å². The van der Waals surface area contributed by atoms with Crippen LogP contribution in [-0.4, -0.2) is 58.1 Å². The quantitative estimate of drug-likeness (QED) is 0.801. The Balaban J connectivity index is 1.36. The molecule has 29 heavy (non-hydrogen) atoms. The van der Waals surface area contributed by atoms with Gasteiger partial charge in [0.05, 0.1) is 5.69 Å². The van der Waals surface area contributed by atoms with Crippen molar-refractivity contribution < 1.29 is 9.47 Å². The fraction of sp³-hybridized carbons (Fsp3) is 0.609. The minimum absolute atomic E-state index is 0.343. The smallest absolute Gasteiger partial charge is 0.231 e. The van der Waals surface area contributed by atoms with E-state index in [2.05, 4.69) is 54.0 Å². The van der Waals surface area contributed by atoms with Crippen molar-refractivity contribution in [2.24, 2.45) is 13.0 Å². The number of aryl methyl sites for hydroxylation is 2. The van der Waals surface area contributed by atoms with E-state index in [-0.39, 0.29) is 0 Å². The van der Waals surface area contributed by atoms with Gasteiger partial charge < -0.3 is 9.47 Å². The Hall–Kier alpha value is -2.05. The first-order valence-electron chi connectivity index (χ1n) is 11.0. The Kier molecular flexibility index (Phi) is 3.97. The molecule has 7 rings (SSSR count). The van der Waals surface area contributed by atoms with E-state index in [1.54, 1.807) is 0 Å². The minimum atomic E-state index is 0.343. The van der Waals surface area contributed by atoms with Gasteiger partial charge in [0.2, 0.25) is 6.79 Å². The maximum Gasteiger partial charge on any atom is 0.231 e. The van der Waals surface area contributed by atoms with Crippen molar-refractivity contribution >= 4 is 0 Å². The van der Waals surface area contributed by atoms with Gasteiger partial charge in [-0.2, -0.15) is 5.10 Å². The predicted octanol–water partition coefficient (Wildman–Crippen LogP) is 2.83. The molecule has 5 aliphatic heterocycles. The number of ether oxygens (including phenoxy) is 2. The lowest BCUT2D eigenvalue weighted by Gasteiger charge is -2.51. The molecule has 6 heterocycles. The van der Waals surface area contributed by atoms with E-state index in [0.717, 1.165) is 30.5 Å². The molecule has 0 aliphatic carbocycles. The van der Waals surface area contributed by atoms with Crippen LogP contribution in [-0.2, 0) is 13.6 Å². The number of rotatable bonds is 3. The fourth-order valence-corrected chi connectivity index (χ4v) is 6.41. The maximum atomic E-state index is 5.69. The van der Waals surface area contributed by atoms with Crippen LogP contribution in [0.3, 0.4) is 0 Å². The molecule has 2 aromatic rings. The highest BCUT2D eigenvalue weighted by atomic mass is 16.7. The average Bonchev–Trinajstić information content (AvgIpc) is 3.42. The van der Waals surface area contributed by atoms with Gasteiger partial charge in [-0.25, -0.2) is 0 Å². The van der Waals surface area contributed by atoms with Gasteiger partial charge in [0.25, 0.3) is 0 Å². The Labute approximate surface area is 172 Å². The number of fused-ring (bicyclic) bond motifs is 3. The summed E-state index contributed by atoms with van der Waals surface area (Å²) in [5.41, 5.74) is 5.29. The molecule has 154 valence electrons. The highest BCUT2D eigenvalue weighted by molar-refractivity contribution is 5.46. The van der Waals surface area contributed by atoms with E-state index < -0.39 is 0 Å². The molecule has 5 aliphatic rings. The van der Waals surface area contributed by atoms with Crippen LogP contribution in [0.5, 0.6) is 11.5 Å². The minimum Gasteiger partial charge on any atom is -0.454 e. The van der Waals surface area contributed by atoms with E-state index in [1.807, 2.05) is 4.68 Å². The van der Waals surface area contributed by atoms with Gasteiger partial charge in [-0.15, -0.1) is 0 Å². The highest BCUT2D eigenvalue weighted by Gasteiger charge is 2.53. The molecule has 0 N–H and O–H groups in total. The Bertz CT molecular complexity index is 947. The summed E-state index contributed by atoms with van der Waals surface area (Å²) in [6, 6.07) is 7.86. The summed E-state index contributed by atoms with van der Waals surface area (Å²) in [5, 5.41) is 4.67. The molecule has 0 saturated carbocycles. The molecule has 0 amide bonds. The number of hydrogen-bond acceptors (Lipinski definition) is 5. The van der Waals surface area contributed by atoms with Gasteiger partial charge in [0, 0.05) is 49.4 Å². The summed E-state index contributed by atoms with van der Waals surface area (Å²) in [7, 11) is 2.06. The van der Waals surface area contributed by atoms with Crippen molar-refractivity contribution in [3.8, 4) is 11.5 Å². The number of hydrogen-bond donors (Lipinski definition) is 0. The van der Waals surface area contributed by atoms with Crippen molar-refractivity contribution in [2.45, 2.75) is 51.2 Å². The summed E-state index contributed by atoms with van der Waals surface area (Å²) < 4.78 is 13.3. The van der Waals surface area contributed by atoms with Crippen LogP contribution in [0, 0.1) is 19.8 Å². The number of nitrogens with zero attached hydrogens (tertiary/aromatic N) is 4. The molecule has 1 aromatic carbocycles. The van der Waals surface area contributed by atoms with Crippen molar-refractivity contribution in [2.75, 3.05) is 26.4 Å². The summed E-state index contributed by atoms with van der Waals surface area (Å²) in [4.78, 5) is 5.54. The van der Waals surface area contributed by atoms with E-state index >= 15 is 0 Å². The van der Waals surface area contributed by atoms with E-state index in [1.165, 1.54) is 48.4 Å². The molecule has 6 heteroatoms. The molecule has 6 nitrogen and oxygen atoms in total. The third-order valence-corrected chi connectivity index (χ3v) is 7.94. The third kappa shape index (κ3) is 2.65. The Morgan fingerprint density at radius 1 is 1.07 bits per heavy atom. The molecular formula is C23H30N4O2. The van der Waals surface area contributed by atoms with Gasteiger partial charge in [-0.1, -0.05) is 6.07 Å². The van der Waals surface area contributed by atoms with Crippen LogP contribution >= 0.6 is 0 Å². The molecule has 0 radical (unpaired) electrons. The topological polar surface area (TPSA) is 42.8 Å². The lowest BCUT2D eigenvalue weighted by molar-refractivity contribution is -0.00878. The monoisotopic (exact) mass is 394 g/mol. The first-order valence-corrected chi connectivity index (χ1v) is 11.0. The van der Waals surface area contributed by atoms with Crippen molar-refractivity contribution in [1.82, 2.24) is 19.6 Å².